The Balaban J connectivity index is 0. The molecule has 0 saturated heterocycles. The second-order valence-electron chi connectivity index (χ2n) is 10.1. The van der Waals surface area contributed by atoms with Crippen LogP contribution in [0, 0.1) is 0 Å². The first-order valence-corrected chi connectivity index (χ1v) is 15.0. The van der Waals surface area contributed by atoms with E-state index in [2.05, 4.69) is 24.2 Å². The highest BCUT2D eigenvalue weighted by molar-refractivity contribution is 5.92. The highest BCUT2D eigenvalue weighted by Gasteiger charge is 2.08. The Labute approximate surface area is 307 Å². The van der Waals surface area contributed by atoms with Gasteiger partial charge in [-0.3, -0.25) is 9.59 Å². The molecule has 17 heteroatoms. The maximum atomic E-state index is 10.9. The molecule has 0 unspecified atom stereocenters. The van der Waals surface area contributed by atoms with Gasteiger partial charge in [0.1, 0.15) is 49.0 Å². The molecule has 5 aromatic heterocycles. The van der Waals surface area contributed by atoms with Crippen LogP contribution in [-0.4, -0.2) is 56.5 Å². The lowest BCUT2D eigenvalue weighted by Crippen LogP contribution is -2.28. The quantitative estimate of drug-likeness (QED) is 0.121. The van der Waals surface area contributed by atoms with Crippen LogP contribution in [-0.2, 0) is 35.4 Å². The average Bonchev–Trinajstić information content (AvgIpc) is 3.15. The third-order valence-electron chi connectivity index (χ3n) is 6.07. The van der Waals surface area contributed by atoms with Crippen molar-refractivity contribution in [3.05, 3.63) is 150 Å². The smallest absolute Gasteiger partial charge is 0.343 e. The van der Waals surface area contributed by atoms with Crippen LogP contribution in [0.5, 0.6) is 0 Å². The fourth-order valence-corrected chi connectivity index (χ4v) is 3.57. The summed E-state index contributed by atoms with van der Waals surface area (Å²) in [6.45, 7) is 0. The molecule has 0 aromatic carbocycles. The van der Waals surface area contributed by atoms with Crippen LogP contribution in [0.4, 0.5) is 0 Å². The number of ether oxygens (including phenoxy) is 3. The summed E-state index contributed by atoms with van der Waals surface area (Å²) in [5.74, 6) is -1.73. The minimum absolute atomic E-state index is 0. The number of hydrogen-bond donors (Lipinski definition) is 3. The highest BCUT2D eigenvalue weighted by atomic mass is 16.5. The van der Waals surface area contributed by atoms with Crippen molar-refractivity contribution in [2.24, 2.45) is 32.6 Å². The lowest BCUT2D eigenvalue weighted by Gasteiger charge is -1.94. The molecule has 12 N–H and O–H groups in total. The molecule has 5 heterocycles. The monoisotopic (exact) mass is 738 g/mol. The zero-order valence-electron chi connectivity index (χ0n) is 30.8. The summed E-state index contributed by atoms with van der Waals surface area (Å²) in [5.41, 5.74) is 12.7. The third-order valence-corrected chi connectivity index (χ3v) is 6.07. The summed E-state index contributed by atoms with van der Waals surface area (Å²) in [7, 11) is 9.64. The number of aromatic amines is 2. The van der Waals surface area contributed by atoms with E-state index in [1.165, 1.54) is 21.3 Å². The molecule has 17 nitrogen and oxygen atoms in total. The molecule has 0 atom stereocenters. The first kappa shape index (κ1) is 48.1. The molecule has 2 amide bonds. The molecule has 0 aliphatic rings. The molecule has 0 aliphatic heterocycles. The molecular weight excluding hydrogens is 688 g/mol. The minimum atomic E-state index is -0.410. The fourth-order valence-electron chi connectivity index (χ4n) is 3.57. The number of hydrogen-bond acceptors (Lipinski definition) is 8. The molecule has 0 aliphatic carbocycles. The molecule has 53 heavy (non-hydrogen) atoms. The molecule has 0 radical (unpaired) electrons. The van der Waals surface area contributed by atoms with E-state index < -0.39 is 11.8 Å². The predicted molar refractivity (Wildman–Crippen MR) is 190 cm³/mol. The van der Waals surface area contributed by atoms with E-state index >= 15 is 0 Å². The SMILES string of the molecule is COC(=O)c1ccc[n+](C)c1.COC(=O)c1ccc[n+](C)c1.COC(=O)c1ccc[nH+]c1.C[n+]1cccc(C(N)=O)c1.NC(=O)c1ccc[nH+]c1.O.[NH4+]. The van der Waals surface area contributed by atoms with Gasteiger partial charge in [-0.25, -0.2) is 38.1 Å². The van der Waals surface area contributed by atoms with Gasteiger partial charge in [-0.05, 0) is 30.3 Å². The van der Waals surface area contributed by atoms with Gasteiger partial charge in [-0.2, -0.15) is 0 Å². The number of esters is 3. The number of aromatic nitrogens is 5. The van der Waals surface area contributed by atoms with Gasteiger partial charge < -0.3 is 37.3 Å². The van der Waals surface area contributed by atoms with Crippen LogP contribution >= 0.6 is 0 Å². The topological polar surface area (TPSA) is 273 Å². The third kappa shape index (κ3) is 19.7. The Bertz CT molecular complexity index is 1810. The molecule has 0 saturated carbocycles. The van der Waals surface area contributed by atoms with Crippen molar-refractivity contribution < 1.29 is 67.3 Å². The summed E-state index contributed by atoms with van der Waals surface area (Å²) in [6.07, 6.45) is 17.2. The van der Waals surface area contributed by atoms with Gasteiger partial charge in [0, 0.05) is 30.3 Å². The Kier molecular flexibility index (Phi) is 24.4. The number of aryl methyl sites for hydroxylation is 3. The number of H-pyrrole nitrogens is 2. The van der Waals surface area contributed by atoms with Gasteiger partial charge in [0.2, 0.25) is 0 Å². The predicted octanol–water partition coefficient (Wildman–Crippen LogP) is -0.356. The summed E-state index contributed by atoms with van der Waals surface area (Å²) in [4.78, 5) is 59.1. The van der Waals surface area contributed by atoms with Crippen molar-refractivity contribution in [3.63, 3.8) is 0 Å². The lowest BCUT2D eigenvalue weighted by molar-refractivity contribution is -0.671. The van der Waals surface area contributed by atoms with E-state index in [0.717, 1.165) is 0 Å². The summed E-state index contributed by atoms with van der Waals surface area (Å²) in [6, 6.07) is 17.3. The number of pyridine rings is 5. The number of methoxy groups -OCH3 is 3. The Morgan fingerprint density at radius 3 is 1.08 bits per heavy atom. The van der Waals surface area contributed by atoms with E-state index in [1.807, 2.05) is 39.7 Å². The van der Waals surface area contributed by atoms with E-state index in [-0.39, 0.29) is 29.5 Å². The van der Waals surface area contributed by atoms with Gasteiger partial charge in [-0.1, -0.05) is 0 Å². The van der Waals surface area contributed by atoms with Crippen molar-refractivity contribution in [1.82, 2.24) is 6.15 Å². The first-order chi connectivity index (χ1) is 24.3. The van der Waals surface area contributed by atoms with E-state index in [9.17, 15) is 24.0 Å². The number of nitrogens with one attached hydrogen (secondary N) is 2. The number of amides is 2. The van der Waals surface area contributed by atoms with Crippen molar-refractivity contribution in [2.45, 2.75) is 0 Å². The van der Waals surface area contributed by atoms with Crippen molar-refractivity contribution in [2.75, 3.05) is 21.3 Å². The molecule has 282 valence electrons. The zero-order chi connectivity index (χ0) is 38.2. The van der Waals surface area contributed by atoms with Gasteiger partial charge in [0.05, 0.1) is 21.3 Å². The lowest BCUT2D eigenvalue weighted by atomic mass is 10.3. The number of primary amides is 2. The number of carbonyl (C=O) groups is 5. The maximum absolute atomic E-state index is 10.9. The van der Waals surface area contributed by atoms with E-state index in [1.54, 1.807) is 118 Å². The number of rotatable bonds is 5. The molecule has 5 rings (SSSR count). The van der Waals surface area contributed by atoms with Crippen LogP contribution in [0.2, 0.25) is 0 Å². The second kappa shape index (κ2) is 26.8. The standard InChI is InChI=1S/2C8H10NO2.C7H8N2O.C7H7NO2.C6H6N2O.H3N.H2O/c2*1-9-5-3-4-7(6-9)8(10)11-2;1-9-4-2-3-6(5-9)7(8)10;1-10-7(9)6-3-2-4-8-5-6;7-6(9)5-2-1-3-8-4-5;;/h2*3-6H,1-2H3;2-5H,1H3,(H-,8,10);2-5H,1H3;1-4H,(H2,7,9);1H3;1H2/q2*+1;;;;;/p+4. The van der Waals surface area contributed by atoms with E-state index in [0.29, 0.717) is 27.8 Å². The van der Waals surface area contributed by atoms with Gasteiger partial charge in [0.25, 0.3) is 11.8 Å². The number of nitrogens with zero attached hydrogens (tertiary/aromatic N) is 3. The molecule has 0 bridgehead atoms. The summed E-state index contributed by atoms with van der Waals surface area (Å²) >= 11 is 0. The Morgan fingerprint density at radius 1 is 0.509 bits per heavy atom. The molecule has 5 aromatic rings. The number of nitrogens with two attached hydrogens (primary N) is 2. The molecular formula is C36H50N8O9+6. The average molecular weight is 739 g/mol. The van der Waals surface area contributed by atoms with Crippen molar-refractivity contribution >= 4 is 29.7 Å². The summed E-state index contributed by atoms with van der Waals surface area (Å²) in [5, 5.41) is 0. The number of quaternary nitrogens is 1. The normalized spacial score (nSPS) is 8.79. The molecule has 0 fully saturated rings. The van der Waals surface area contributed by atoms with Gasteiger partial charge in [0.15, 0.2) is 62.0 Å². The summed E-state index contributed by atoms with van der Waals surface area (Å²) < 4.78 is 18.9. The Hall–Kier alpha value is -6.98. The van der Waals surface area contributed by atoms with Crippen molar-refractivity contribution in [3.8, 4) is 0 Å². The van der Waals surface area contributed by atoms with Gasteiger partial charge >= 0.3 is 17.9 Å². The van der Waals surface area contributed by atoms with Crippen LogP contribution in [0.1, 0.15) is 51.8 Å². The van der Waals surface area contributed by atoms with E-state index in [4.69, 9.17) is 11.5 Å². The zero-order valence-corrected chi connectivity index (χ0v) is 30.8. The largest absolute Gasteiger partial charge is 0.465 e. The molecule has 0 spiro atoms. The fraction of sp³-hybridized carbons (Fsp3) is 0.167. The second-order valence-corrected chi connectivity index (χ2v) is 10.1. The van der Waals surface area contributed by atoms with Crippen LogP contribution in [0.25, 0.3) is 0 Å². The number of carbonyl (C=O) groups excluding carboxylic acids is 5. The van der Waals surface area contributed by atoms with Crippen LogP contribution in [0.3, 0.4) is 0 Å². The van der Waals surface area contributed by atoms with Crippen molar-refractivity contribution in [1.29, 1.82) is 0 Å². The van der Waals surface area contributed by atoms with Crippen LogP contribution < -0.4 is 41.3 Å². The first-order valence-electron chi connectivity index (χ1n) is 15.0. The van der Waals surface area contributed by atoms with Gasteiger partial charge in [-0.15, -0.1) is 0 Å². The Morgan fingerprint density at radius 2 is 0.811 bits per heavy atom. The maximum Gasteiger partial charge on any atom is 0.343 e. The highest BCUT2D eigenvalue weighted by Crippen LogP contribution is 1.97. The minimum Gasteiger partial charge on any atom is -0.465 e. The van der Waals surface area contributed by atoms with Crippen LogP contribution in [0.15, 0.2) is 123 Å².